The predicted molar refractivity (Wildman–Crippen MR) is 141 cm³/mol. The van der Waals surface area contributed by atoms with Crippen LogP contribution in [0.1, 0.15) is 42.6 Å². The third-order valence-electron chi connectivity index (χ3n) is 7.51. The maximum absolute atomic E-state index is 13.2. The lowest BCUT2D eigenvalue weighted by molar-refractivity contribution is 0.00400. The van der Waals surface area contributed by atoms with Gasteiger partial charge in [-0.25, -0.2) is 4.79 Å². The Labute approximate surface area is 226 Å². The van der Waals surface area contributed by atoms with Crippen LogP contribution in [0.4, 0.5) is 10.6 Å². The van der Waals surface area contributed by atoms with Crippen molar-refractivity contribution in [3.63, 3.8) is 0 Å². The number of nitrogens with one attached hydrogen (secondary N) is 1. The van der Waals surface area contributed by atoms with Crippen molar-refractivity contribution in [3.05, 3.63) is 46.5 Å². The number of benzene rings is 1. The van der Waals surface area contributed by atoms with E-state index in [9.17, 15) is 14.7 Å². The van der Waals surface area contributed by atoms with E-state index in [1.807, 2.05) is 17.0 Å². The molecule has 2 aromatic rings. The van der Waals surface area contributed by atoms with Gasteiger partial charge in [0.25, 0.3) is 5.91 Å². The van der Waals surface area contributed by atoms with Crippen molar-refractivity contribution >= 4 is 29.4 Å². The third kappa shape index (κ3) is 5.47. The van der Waals surface area contributed by atoms with Gasteiger partial charge >= 0.3 is 6.09 Å². The number of nitrogens with zero attached hydrogens (tertiary/aromatic N) is 3. The van der Waals surface area contributed by atoms with E-state index >= 15 is 0 Å². The van der Waals surface area contributed by atoms with Gasteiger partial charge in [-0.2, -0.15) is 4.98 Å². The number of ether oxygens (including phenoxy) is 3. The second-order valence-electron chi connectivity index (χ2n) is 10.6. The number of pyridine rings is 1. The highest BCUT2D eigenvalue weighted by Gasteiger charge is 2.42. The molecular weight excluding hydrogens is 512 g/mol. The smallest absolute Gasteiger partial charge is 0.410 e. The summed E-state index contributed by atoms with van der Waals surface area (Å²) in [6.45, 7) is 6.00. The molecule has 0 spiro atoms. The van der Waals surface area contributed by atoms with E-state index < -0.39 is 5.60 Å². The molecule has 0 aliphatic carbocycles. The van der Waals surface area contributed by atoms with Gasteiger partial charge in [0.15, 0.2) is 11.6 Å². The van der Waals surface area contributed by atoms with E-state index in [4.69, 9.17) is 30.8 Å². The molecule has 1 aromatic carbocycles. The van der Waals surface area contributed by atoms with Crippen LogP contribution in [0.25, 0.3) is 0 Å². The third-order valence-corrected chi connectivity index (χ3v) is 7.77. The van der Waals surface area contributed by atoms with Crippen molar-refractivity contribution in [2.24, 2.45) is 5.92 Å². The maximum atomic E-state index is 13.2. The average molecular weight is 545 g/mol. The van der Waals surface area contributed by atoms with Crippen molar-refractivity contribution in [1.82, 2.24) is 15.2 Å². The molecule has 1 aromatic heterocycles. The van der Waals surface area contributed by atoms with Crippen LogP contribution < -0.4 is 19.7 Å². The van der Waals surface area contributed by atoms with Crippen LogP contribution in [-0.2, 0) is 11.3 Å². The summed E-state index contributed by atoms with van der Waals surface area (Å²) in [4.78, 5) is 33.6. The topological polar surface area (TPSA) is 113 Å². The van der Waals surface area contributed by atoms with Gasteiger partial charge in [-0.05, 0) is 31.5 Å². The van der Waals surface area contributed by atoms with Crippen LogP contribution in [0.3, 0.4) is 0 Å². The summed E-state index contributed by atoms with van der Waals surface area (Å²) in [5.74, 6) is 0.967. The number of rotatable bonds is 8. The second-order valence-corrected chi connectivity index (χ2v) is 11.1. The van der Waals surface area contributed by atoms with Gasteiger partial charge in [0, 0.05) is 56.0 Å². The molecule has 11 heteroatoms. The highest BCUT2D eigenvalue weighted by Crippen LogP contribution is 2.40. The summed E-state index contributed by atoms with van der Waals surface area (Å²) in [5, 5.41) is 14.0. The molecule has 204 valence electrons. The Bertz CT molecular complexity index is 1200. The molecule has 38 heavy (non-hydrogen) atoms. The van der Waals surface area contributed by atoms with Crippen molar-refractivity contribution < 1.29 is 28.9 Å². The van der Waals surface area contributed by atoms with Crippen LogP contribution in [0.15, 0.2) is 30.3 Å². The molecule has 10 nitrogen and oxygen atoms in total. The summed E-state index contributed by atoms with van der Waals surface area (Å²) in [5.41, 5.74) is 0.350. The van der Waals surface area contributed by atoms with E-state index in [1.54, 1.807) is 36.9 Å². The fourth-order valence-electron chi connectivity index (χ4n) is 5.03. The molecule has 5 rings (SSSR count). The Kier molecular flexibility index (Phi) is 7.28. The van der Waals surface area contributed by atoms with Crippen molar-refractivity contribution in [2.45, 2.75) is 51.0 Å². The molecule has 2 amide bonds. The molecule has 0 unspecified atom stereocenters. The monoisotopic (exact) mass is 544 g/mol. The molecule has 0 radical (unpaired) electrons. The van der Waals surface area contributed by atoms with Gasteiger partial charge in [-0.3, -0.25) is 4.79 Å². The molecule has 4 heterocycles. The van der Waals surface area contributed by atoms with Gasteiger partial charge in [0.05, 0.1) is 18.8 Å². The normalized spacial score (nSPS) is 21.4. The van der Waals surface area contributed by atoms with Crippen LogP contribution >= 0.6 is 11.6 Å². The number of aliphatic hydroxyl groups is 1. The lowest BCUT2D eigenvalue weighted by Crippen LogP contribution is -2.56. The number of amides is 2. The quantitative estimate of drug-likeness (QED) is 0.521. The van der Waals surface area contributed by atoms with Gasteiger partial charge in [-0.1, -0.05) is 23.7 Å². The molecule has 3 fully saturated rings. The Morgan fingerprint density at radius 1 is 1.29 bits per heavy atom. The summed E-state index contributed by atoms with van der Waals surface area (Å²) in [6.07, 6.45) is 0.817. The predicted octanol–water partition coefficient (Wildman–Crippen LogP) is 3.24. The zero-order chi connectivity index (χ0) is 27.0. The maximum Gasteiger partial charge on any atom is 0.410 e. The number of hydrogen-bond acceptors (Lipinski definition) is 8. The Hall–Kier alpha value is -3.24. The minimum atomic E-state index is -0.815. The van der Waals surface area contributed by atoms with E-state index in [0.717, 1.165) is 5.56 Å². The first-order valence-corrected chi connectivity index (χ1v) is 13.2. The first-order chi connectivity index (χ1) is 18.1. The number of halogens is 1. The number of anilines is 1. The standard InChI is InChI=1S/C27H33ClN4O6/c1-27(2,35)17-13-31(14-17)23-22(38-20-8-9-32-19(10-20)15-37-26(32)34)11-21(25(30-23)36-3)24(33)29-12-16-4-6-18(28)7-5-16/h4-7,11,17,19-20,35H,8-10,12-15H2,1-3H3,(H,29,33)/t19-,20-/m0/s1. The number of hydrogen-bond donors (Lipinski definition) is 2. The Morgan fingerprint density at radius 2 is 2.03 bits per heavy atom. The van der Waals surface area contributed by atoms with Gasteiger partial charge in [0.1, 0.15) is 18.3 Å². The van der Waals surface area contributed by atoms with Gasteiger partial charge in [0.2, 0.25) is 5.88 Å². The number of aromatic nitrogens is 1. The summed E-state index contributed by atoms with van der Waals surface area (Å²) >= 11 is 5.96. The first-order valence-electron chi connectivity index (χ1n) is 12.8. The van der Waals surface area contributed by atoms with E-state index in [0.29, 0.717) is 62.2 Å². The number of carbonyl (C=O) groups is 2. The Morgan fingerprint density at radius 3 is 2.71 bits per heavy atom. The first kappa shape index (κ1) is 26.4. The number of piperidine rings is 1. The fourth-order valence-corrected chi connectivity index (χ4v) is 5.15. The minimum absolute atomic E-state index is 0.0263. The molecule has 3 aliphatic rings. The highest BCUT2D eigenvalue weighted by atomic mass is 35.5. The Balaban J connectivity index is 1.38. The van der Waals surface area contributed by atoms with Crippen LogP contribution in [-0.4, -0.2) is 78.1 Å². The van der Waals surface area contributed by atoms with Crippen LogP contribution in [0.2, 0.25) is 5.02 Å². The largest absolute Gasteiger partial charge is 0.486 e. The number of carbonyl (C=O) groups excluding carboxylic acids is 2. The molecule has 2 N–H and O–H groups in total. The summed E-state index contributed by atoms with van der Waals surface area (Å²) < 4.78 is 17.2. The van der Waals surface area contributed by atoms with Crippen LogP contribution in [0.5, 0.6) is 11.6 Å². The lowest BCUT2D eigenvalue weighted by Gasteiger charge is -2.46. The second kappa shape index (κ2) is 10.5. The molecule has 3 aliphatic heterocycles. The molecule has 0 bridgehead atoms. The van der Waals surface area contributed by atoms with Gasteiger partial charge < -0.3 is 34.4 Å². The zero-order valence-corrected chi connectivity index (χ0v) is 22.5. The van der Waals surface area contributed by atoms with Crippen molar-refractivity contribution in [3.8, 4) is 11.6 Å². The van der Waals surface area contributed by atoms with E-state index in [1.165, 1.54) is 7.11 Å². The molecule has 2 atom stereocenters. The minimum Gasteiger partial charge on any atom is -0.486 e. The highest BCUT2D eigenvalue weighted by molar-refractivity contribution is 6.30. The number of methoxy groups -OCH3 is 1. The lowest BCUT2D eigenvalue weighted by atomic mass is 9.84. The van der Waals surface area contributed by atoms with E-state index in [-0.39, 0.29) is 41.5 Å². The van der Waals surface area contributed by atoms with Gasteiger partial charge in [-0.15, -0.1) is 0 Å². The fraction of sp³-hybridized carbons (Fsp3) is 0.519. The zero-order valence-electron chi connectivity index (χ0n) is 21.8. The van der Waals surface area contributed by atoms with Crippen LogP contribution in [0, 0.1) is 5.92 Å². The van der Waals surface area contributed by atoms with Crippen molar-refractivity contribution in [2.75, 3.05) is 38.3 Å². The average Bonchev–Trinajstić information content (AvgIpc) is 3.22. The summed E-state index contributed by atoms with van der Waals surface area (Å²) in [6, 6.07) is 8.90. The number of fused-ring (bicyclic) bond motifs is 1. The SMILES string of the molecule is COc1nc(N2CC(C(C)(C)O)C2)c(O[C@H]2CCN3C(=O)OC[C@@H]3C2)cc1C(=O)NCc1ccc(Cl)cc1. The van der Waals surface area contributed by atoms with E-state index in [2.05, 4.69) is 5.32 Å². The van der Waals surface area contributed by atoms with Crippen molar-refractivity contribution in [1.29, 1.82) is 0 Å². The molecule has 3 saturated heterocycles. The molecular formula is C27H33ClN4O6. The summed E-state index contributed by atoms with van der Waals surface area (Å²) in [7, 11) is 1.48. The molecule has 0 saturated carbocycles. The number of cyclic esters (lactones) is 1.